The minimum Gasteiger partial charge on any atom is -0.427 e. The Morgan fingerprint density at radius 3 is 2.58 bits per heavy atom. The fourth-order valence-electron chi connectivity index (χ4n) is 3.03. The van der Waals surface area contributed by atoms with Gasteiger partial charge < -0.3 is 14.8 Å². The molecule has 1 saturated carbocycles. The number of ether oxygens (including phenoxy) is 2. The van der Waals surface area contributed by atoms with E-state index >= 15 is 0 Å². The van der Waals surface area contributed by atoms with Gasteiger partial charge in [-0.3, -0.25) is 9.59 Å². The fraction of sp³-hybridized carbons (Fsp3) is 0.500. The van der Waals surface area contributed by atoms with Gasteiger partial charge in [0, 0.05) is 19.6 Å². The maximum absolute atomic E-state index is 12.8. The predicted molar refractivity (Wildman–Crippen MR) is 88.5 cm³/mol. The molecule has 1 amide bonds. The zero-order chi connectivity index (χ0) is 17.6. The fourth-order valence-corrected chi connectivity index (χ4v) is 3.03. The maximum atomic E-state index is 12.8. The third-order valence-electron chi connectivity index (χ3n) is 4.12. The van der Waals surface area contributed by atoms with Gasteiger partial charge >= 0.3 is 5.97 Å². The predicted octanol–water partition coefficient (Wildman–Crippen LogP) is 3.16. The molecule has 128 valence electrons. The molecule has 1 fully saturated rings. The molecule has 0 unspecified atom stereocenters. The highest BCUT2D eigenvalue weighted by Crippen LogP contribution is 2.33. The summed E-state index contributed by atoms with van der Waals surface area (Å²) in [5.41, 5.74) is -0.193. The van der Waals surface area contributed by atoms with Gasteiger partial charge in [0.2, 0.25) is 0 Å². The minimum absolute atomic E-state index is 0.221. The van der Waals surface area contributed by atoms with Gasteiger partial charge in [0.05, 0.1) is 11.3 Å². The number of carbonyl (C=O) groups excluding carboxylic acids is 2. The molecule has 0 radical (unpaired) electrons. The van der Waals surface area contributed by atoms with E-state index in [0.29, 0.717) is 25.1 Å². The first-order valence-corrected chi connectivity index (χ1v) is 8.19. The van der Waals surface area contributed by atoms with Crippen molar-refractivity contribution in [2.45, 2.75) is 51.6 Å². The third-order valence-corrected chi connectivity index (χ3v) is 4.12. The highest BCUT2D eigenvalue weighted by molar-refractivity contribution is 5.98. The largest absolute Gasteiger partial charge is 0.427 e. The van der Waals surface area contributed by atoms with Gasteiger partial charge in [-0.05, 0) is 31.9 Å². The first-order chi connectivity index (χ1) is 11.5. The molecule has 2 rings (SSSR count). The molecular weight excluding hydrogens is 308 g/mol. The molecule has 1 N–H and O–H groups in total. The second-order valence-corrected chi connectivity index (χ2v) is 5.85. The molecule has 1 aliphatic carbocycles. The highest BCUT2D eigenvalue weighted by Gasteiger charge is 2.40. The normalized spacial score (nSPS) is 16.0. The molecule has 0 spiro atoms. The average Bonchev–Trinajstić information content (AvgIpc) is 2.56. The Labute approximate surface area is 141 Å². The molecule has 0 aliphatic heterocycles. The highest BCUT2D eigenvalue weighted by atomic mass is 16.5. The van der Waals surface area contributed by atoms with E-state index in [1.807, 2.05) is 13.0 Å². The van der Waals surface area contributed by atoms with Crippen molar-refractivity contribution in [1.82, 2.24) is 0 Å². The number of nitriles is 1. The molecule has 6 heteroatoms. The molecule has 6 nitrogen and oxygen atoms in total. The lowest BCUT2D eigenvalue weighted by Gasteiger charge is -2.35. The van der Waals surface area contributed by atoms with Crippen molar-refractivity contribution in [2.24, 2.45) is 0 Å². The number of hydrogen-bond donors (Lipinski definition) is 1. The lowest BCUT2D eigenvalue weighted by Crippen LogP contribution is -2.47. The van der Waals surface area contributed by atoms with E-state index in [1.54, 1.807) is 12.1 Å². The van der Waals surface area contributed by atoms with Crippen LogP contribution in [0, 0.1) is 11.3 Å². The van der Waals surface area contributed by atoms with E-state index in [0.717, 1.165) is 19.3 Å². The second kappa shape index (κ2) is 7.93. The molecule has 0 atom stereocenters. The van der Waals surface area contributed by atoms with Gasteiger partial charge in [-0.25, -0.2) is 0 Å². The van der Waals surface area contributed by atoms with Crippen LogP contribution in [0.15, 0.2) is 18.2 Å². The third kappa shape index (κ3) is 4.12. The Morgan fingerprint density at radius 1 is 1.29 bits per heavy atom. The van der Waals surface area contributed by atoms with E-state index in [-0.39, 0.29) is 17.2 Å². The van der Waals surface area contributed by atoms with Gasteiger partial charge in [0.15, 0.2) is 0 Å². The minimum atomic E-state index is -0.825. The summed E-state index contributed by atoms with van der Waals surface area (Å²) in [6, 6.07) is 6.57. The van der Waals surface area contributed by atoms with Gasteiger partial charge in [-0.2, -0.15) is 5.26 Å². The van der Waals surface area contributed by atoms with E-state index in [4.69, 9.17) is 9.47 Å². The maximum Gasteiger partial charge on any atom is 0.308 e. The molecule has 0 saturated heterocycles. The summed E-state index contributed by atoms with van der Waals surface area (Å²) in [6.07, 6.45) is 4.36. The number of nitrogens with zero attached hydrogens (tertiary/aromatic N) is 1. The standard InChI is InChI=1S/C18H22N2O4/c1-3-23-18(9-5-4-6-10-18)17(22)20-16-8-7-15(24-13(2)21)11-14(16)12-19/h7-8,11H,3-6,9-10H2,1-2H3,(H,20,22). The van der Waals surface area contributed by atoms with Crippen molar-refractivity contribution in [3.63, 3.8) is 0 Å². The lowest BCUT2D eigenvalue weighted by atomic mass is 9.83. The van der Waals surface area contributed by atoms with Crippen molar-refractivity contribution in [2.75, 3.05) is 11.9 Å². The molecule has 0 aromatic heterocycles. The van der Waals surface area contributed by atoms with Crippen LogP contribution in [0.1, 0.15) is 51.5 Å². The summed E-state index contributed by atoms with van der Waals surface area (Å²) in [7, 11) is 0. The van der Waals surface area contributed by atoms with Crippen LogP contribution in [0.3, 0.4) is 0 Å². The Balaban J connectivity index is 2.21. The van der Waals surface area contributed by atoms with Gasteiger partial charge in [-0.1, -0.05) is 19.3 Å². The summed E-state index contributed by atoms with van der Waals surface area (Å²) in [5, 5.41) is 12.1. The van der Waals surface area contributed by atoms with Gasteiger partial charge in [0.1, 0.15) is 17.4 Å². The van der Waals surface area contributed by atoms with Crippen LogP contribution in [0.2, 0.25) is 0 Å². The molecular formula is C18H22N2O4. The summed E-state index contributed by atoms with van der Waals surface area (Å²) >= 11 is 0. The first kappa shape index (κ1) is 18.0. The molecule has 1 aliphatic rings. The number of esters is 1. The lowest BCUT2D eigenvalue weighted by molar-refractivity contribution is -0.145. The first-order valence-electron chi connectivity index (χ1n) is 8.19. The number of rotatable bonds is 5. The number of hydrogen-bond acceptors (Lipinski definition) is 5. The molecule has 1 aromatic carbocycles. The Kier molecular flexibility index (Phi) is 5.93. The van der Waals surface area contributed by atoms with Crippen molar-refractivity contribution in [3.05, 3.63) is 23.8 Å². The Hall–Kier alpha value is -2.39. The average molecular weight is 330 g/mol. The Bertz CT molecular complexity index is 652. The van der Waals surface area contributed by atoms with E-state index < -0.39 is 11.6 Å². The monoisotopic (exact) mass is 330 g/mol. The van der Waals surface area contributed by atoms with Gasteiger partial charge in [-0.15, -0.1) is 0 Å². The molecule has 0 heterocycles. The van der Waals surface area contributed by atoms with Crippen LogP contribution in [0.5, 0.6) is 5.75 Å². The van der Waals surface area contributed by atoms with E-state index in [1.165, 1.54) is 13.0 Å². The summed E-state index contributed by atoms with van der Waals surface area (Å²) in [6.45, 7) is 3.62. The Morgan fingerprint density at radius 2 is 2.00 bits per heavy atom. The second-order valence-electron chi connectivity index (χ2n) is 5.85. The zero-order valence-corrected chi connectivity index (χ0v) is 14.1. The number of carbonyl (C=O) groups is 2. The van der Waals surface area contributed by atoms with Crippen molar-refractivity contribution >= 4 is 17.6 Å². The molecule has 1 aromatic rings. The number of benzene rings is 1. The van der Waals surface area contributed by atoms with Crippen LogP contribution >= 0.6 is 0 Å². The SMILES string of the molecule is CCOC1(C(=O)Nc2ccc(OC(C)=O)cc2C#N)CCCCC1. The summed E-state index contributed by atoms with van der Waals surface area (Å²) < 4.78 is 10.8. The van der Waals surface area contributed by atoms with Gasteiger partial charge in [0.25, 0.3) is 5.91 Å². The van der Waals surface area contributed by atoms with Crippen molar-refractivity contribution < 1.29 is 19.1 Å². The van der Waals surface area contributed by atoms with Crippen molar-refractivity contribution in [3.8, 4) is 11.8 Å². The number of anilines is 1. The van der Waals surface area contributed by atoms with E-state index in [2.05, 4.69) is 5.32 Å². The van der Waals surface area contributed by atoms with Crippen molar-refractivity contribution in [1.29, 1.82) is 5.26 Å². The van der Waals surface area contributed by atoms with Crippen LogP contribution in [0.25, 0.3) is 0 Å². The molecule has 24 heavy (non-hydrogen) atoms. The van der Waals surface area contributed by atoms with Crippen LogP contribution in [-0.4, -0.2) is 24.1 Å². The van der Waals surface area contributed by atoms with Crippen LogP contribution in [0.4, 0.5) is 5.69 Å². The summed E-state index contributed by atoms with van der Waals surface area (Å²) in [5.74, 6) is -0.414. The van der Waals surface area contributed by atoms with E-state index in [9.17, 15) is 14.9 Å². The van der Waals surface area contributed by atoms with Crippen LogP contribution in [-0.2, 0) is 14.3 Å². The molecule has 0 bridgehead atoms. The zero-order valence-electron chi connectivity index (χ0n) is 14.1. The smallest absolute Gasteiger partial charge is 0.308 e. The summed E-state index contributed by atoms with van der Waals surface area (Å²) in [4.78, 5) is 23.8. The van der Waals surface area contributed by atoms with Crippen LogP contribution < -0.4 is 10.1 Å². The number of nitrogens with one attached hydrogen (secondary N) is 1. The topological polar surface area (TPSA) is 88.4 Å². The number of amides is 1. The quantitative estimate of drug-likeness (QED) is 0.662.